The SMILES string of the molecule is COC(=O)C([C@]1(O)OC(c2ccc(Cl)cc2)=CC1=O)=P(c1ccccc1)(c1ccccc1)c1ccccc1. The average molecular weight is 543 g/mol. The second-order valence-corrected chi connectivity index (χ2v) is 12.4. The van der Waals surface area contributed by atoms with Gasteiger partial charge in [-0.25, -0.2) is 4.79 Å². The summed E-state index contributed by atoms with van der Waals surface area (Å²) in [6.45, 7) is -3.22. The Morgan fingerprint density at radius 1 is 0.789 bits per heavy atom. The van der Waals surface area contributed by atoms with E-state index in [1.807, 2.05) is 91.0 Å². The number of rotatable bonds is 6. The van der Waals surface area contributed by atoms with E-state index in [4.69, 9.17) is 21.1 Å². The predicted octanol–water partition coefficient (Wildman–Crippen LogP) is 4.31. The molecule has 0 fully saturated rings. The van der Waals surface area contributed by atoms with Crippen molar-refractivity contribution < 1.29 is 24.2 Å². The largest absolute Gasteiger partial charge is 0.465 e. The number of carbonyl (C=O) groups excluding carboxylic acids is 2. The highest BCUT2D eigenvalue weighted by Crippen LogP contribution is 2.50. The number of ketones is 1. The molecule has 0 aromatic heterocycles. The first-order valence-electron chi connectivity index (χ1n) is 11.9. The number of aliphatic hydroxyl groups is 1. The van der Waals surface area contributed by atoms with Gasteiger partial charge in [-0.2, -0.15) is 0 Å². The van der Waals surface area contributed by atoms with Crippen molar-refractivity contribution in [2.75, 3.05) is 7.11 Å². The zero-order valence-corrected chi connectivity index (χ0v) is 22.1. The number of benzene rings is 4. The zero-order valence-electron chi connectivity index (χ0n) is 20.5. The van der Waals surface area contributed by atoms with Crippen LogP contribution in [-0.2, 0) is 19.1 Å². The van der Waals surface area contributed by atoms with Crippen LogP contribution in [0, 0.1) is 0 Å². The van der Waals surface area contributed by atoms with E-state index in [0.29, 0.717) is 10.6 Å². The normalized spacial score (nSPS) is 16.9. The van der Waals surface area contributed by atoms with E-state index in [2.05, 4.69) is 0 Å². The van der Waals surface area contributed by atoms with Gasteiger partial charge in [0.05, 0.1) is 7.11 Å². The van der Waals surface area contributed by atoms with Gasteiger partial charge in [-0.3, -0.25) is 4.79 Å². The second kappa shape index (κ2) is 10.5. The molecule has 190 valence electrons. The quantitative estimate of drug-likeness (QED) is 0.290. The molecule has 0 spiro atoms. The van der Waals surface area contributed by atoms with Crippen molar-refractivity contribution in [2.24, 2.45) is 0 Å². The van der Waals surface area contributed by atoms with Gasteiger partial charge in [0.2, 0.25) is 5.78 Å². The maximum atomic E-state index is 13.8. The zero-order chi connectivity index (χ0) is 26.8. The van der Waals surface area contributed by atoms with E-state index in [-0.39, 0.29) is 11.1 Å². The Hall–Kier alpha value is -3.89. The summed E-state index contributed by atoms with van der Waals surface area (Å²) >= 11 is 6.04. The summed E-state index contributed by atoms with van der Waals surface area (Å²) in [6, 6.07) is 34.9. The van der Waals surface area contributed by atoms with Crippen LogP contribution in [0.4, 0.5) is 0 Å². The lowest BCUT2D eigenvalue weighted by Crippen LogP contribution is -2.52. The Balaban J connectivity index is 1.91. The Morgan fingerprint density at radius 2 is 1.24 bits per heavy atom. The third-order valence-electron chi connectivity index (χ3n) is 6.45. The van der Waals surface area contributed by atoms with E-state index < -0.39 is 24.4 Å². The Kier molecular flexibility index (Phi) is 7.09. The van der Waals surface area contributed by atoms with Gasteiger partial charge in [-0.15, -0.1) is 0 Å². The molecule has 0 amide bonds. The van der Waals surface area contributed by atoms with E-state index in [1.54, 1.807) is 24.3 Å². The molecule has 38 heavy (non-hydrogen) atoms. The number of esters is 1. The fraction of sp³-hybridized carbons (Fsp3) is 0.0645. The first-order valence-corrected chi connectivity index (χ1v) is 14.0. The van der Waals surface area contributed by atoms with E-state index in [1.165, 1.54) is 13.2 Å². The molecule has 1 N–H and O–H groups in total. The minimum Gasteiger partial charge on any atom is -0.465 e. The molecule has 0 saturated carbocycles. The van der Waals surface area contributed by atoms with E-state index in [9.17, 15) is 14.7 Å². The lowest BCUT2D eigenvalue weighted by molar-refractivity contribution is -0.152. The Labute approximate surface area is 225 Å². The molecule has 4 aromatic carbocycles. The molecule has 1 atom stereocenters. The van der Waals surface area contributed by atoms with Crippen LogP contribution in [0.3, 0.4) is 0 Å². The molecule has 1 aliphatic rings. The molecule has 1 heterocycles. The molecule has 7 heteroatoms. The number of hydrogen-bond donors (Lipinski definition) is 1. The fourth-order valence-electron chi connectivity index (χ4n) is 4.77. The van der Waals surface area contributed by atoms with Crippen LogP contribution in [0.1, 0.15) is 5.56 Å². The minimum atomic E-state index is -3.22. The highest BCUT2D eigenvalue weighted by atomic mass is 35.5. The molecule has 0 bridgehead atoms. The smallest absolute Gasteiger partial charge is 0.342 e. The molecular weight excluding hydrogens is 519 g/mol. The van der Waals surface area contributed by atoms with Crippen molar-refractivity contribution in [3.63, 3.8) is 0 Å². The van der Waals surface area contributed by atoms with Crippen molar-refractivity contribution in [3.8, 4) is 0 Å². The summed E-state index contributed by atoms with van der Waals surface area (Å²) in [4.78, 5) is 27.5. The number of carbonyl (C=O) groups is 2. The molecule has 4 aromatic rings. The van der Waals surface area contributed by atoms with Gasteiger partial charge < -0.3 is 14.6 Å². The van der Waals surface area contributed by atoms with E-state index in [0.717, 1.165) is 15.9 Å². The molecule has 1 aliphatic heterocycles. The van der Waals surface area contributed by atoms with Gasteiger partial charge in [0.1, 0.15) is 11.1 Å². The maximum Gasteiger partial charge on any atom is 0.342 e. The summed E-state index contributed by atoms with van der Waals surface area (Å²) in [6.07, 6.45) is 1.21. The molecule has 0 aliphatic carbocycles. The van der Waals surface area contributed by atoms with Crippen LogP contribution in [0.15, 0.2) is 121 Å². The van der Waals surface area contributed by atoms with Gasteiger partial charge in [-0.1, -0.05) is 103 Å². The topological polar surface area (TPSA) is 72.8 Å². The van der Waals surface area contributed by atoms with Crippen LogP contribution in [0.5, 0.6) is 0 Å². The maximum absolute atomic E-state index is 13.8. The number of methoxy groups -OCH3 is 1. The number of ether oxygens (including phenoxy) is 2. The molecule has 0 unspecified atom stereocenters. The van der Waals surface area contributed by atoms with Crippen LogP contribution >= 0.6 is 18.5 Å². The highest BCUT2D eigenvalue weighted by Gasteiger charge is 2.55. The van der Waals surface area contributed by atoms with Crippen LogP contribution < -0.4 is 15.9 Å². The standard InChI is InChI=1S/C31H24ClO5P/c1-36-30(34)29(31(35)28(33)21-27(37-31)22-17-19-23(32)20-18-22)38(24-11-5-2-6-12-24,25-13-7-3-8-14-25)26-15-9-4-10-16-26/h2-21,35H,1H3/t31-/m1/s1. The minimum absolute atomic E-state index is 0.128. The highest BCUT2D eigenvalue weighted by molar-refractivity contribution is 7.96. The van der Waals surface area contributed by atoms with Gasteiger partial charge >= 0.3 is 11.8 Å². The Bertz CT molecular complexity index is 1460. The fourth-order valence-corrected chi connectivity index (χ4v) is 9.39. The van der Waals surface area contributed by atoms with Crippen molar-refractivity contribution >= 4 is 57.2 Å². The van der Waals surface area contributed by atoms with Gasteiger partial charge in [-0.05, 0) is 47.1 Å². The van der Waals surface area contributed by atoms with Crippen LogP contribution in [-0.4, -0.2) is 35.0 Å². The Morgan fingerprint density at radius 3 is 1.66 bits per heavy atom. The third-order valence-corrected chi connectivity index (χ3v) is 11.1. The first-order chi connectivity index (χ1) is 18.4. The predicted molar refractivity (Wildman–Crippen MR) is 153 cm³/mol. The van der Waals surface area contributed by atoms with Gasteiger partial charge in [0.15, 0.2) is 0 Å². The molecule has 0 radical (unpaired) electrons. The lowest BCUT2D eigenvalue weighted by Gasteiger charge is -2.36. The van der Waals surface area contributed by atoms with Gasteiger partial charge in [0, 0.05) is 16.7 Å². The van der Waals surface area contributed by atoms with Crippen LogP contribution in [0.2, 0.25) is 5.02 Å². The number of halogens is 1. The van der Waals surface area contributed by atoms with Gasteiger partial charge in [0.25, 0.3) is 0 Å². The molecule has 5 rings (SSSR count). The van der Waals surface area contributed by atoms with Crippen molar-refractivity contribution in [1.82, 2.24) is 0 Å². The van der Waals surface area contributed by atoms with Crippen LogP contribution in [0.25, 0.3) is 5.76 Å². The third kappa shape index (κ3) is 4.29. The van der Waals surface area contributed by atoms with Crippen molar-refractivity contribution in [3.05, 3.63) is 132 Å². The summed E-state index contributed by atoms with van der Waals surface area (Å²) < 4.78 is 11.3. The summed E-state index contributed by atoms with van der Waals surface area (Å²) in [5, 5.41) is 14.8. The summed E-state index contributed by atoms with van der Waals surface area (Å²) in [7, 11) is 1.23. The van der Waals surface area contributed by atoms with Crippen molar-refractivity contribution in [2.45, 2.75) is 5.79 Å². The monoisotopic (exact) mass is 542 g/mol. The summed E-state index contributed by atoms with van der Waals surface area (Å²) in [5.74, 6) is -4.09. The lowest BCUT2D eigenvalue weighted by atomic mass is 10.1. The second-order valence-electron chi connectivity index (χ2n) is 8.64. The molecule has 0 saturated heterocycles. The summed E-state index contributed by atoms with van der Waals surface area (Å²) in [5.41, 5.74) is 0.533. The molecule has 5 nitrogen and oxygen atoms in total. The number of hydrogen-bond acceptors (Lipinski definition) is 5. The molecular formula is C31H24ClO5P. The first kappa shape index (κ1) is 25.7. The average Bonchev–Trinajstić information content (AvgIpc) is 3.27. The van der Waals surface area contributed by atoms with E-state index >= 15 is 0 Å². The van der Waals surface area contributed by atoms with Crippen molar-refractivity contribution in [1.29, 1.82) is 0 Å².